The molecule has 128 valence electrons. The number of rotatable bonds is 5. The van der Waals surface area contributed by atoms with Crippen LogP contribution in [-0.2, 0) is 0 Å². The predicted molar refractivity (Wildman–Crippen MR) is 93.7 cm³/mol. The van der Waals surface area contributed by atoms with E-state index in [1.807, 2.05) is 0 Å². The molecule has 0 saturated heterocycles. The quantitative estimate of drug-likeness (QED) is 0.657. The van der Waals surface area contributed by atoms with Gasteiger partial charge in [-0.2, -0.15) is 0 Å². The number of halogens is 3. The van der Waals surface area contributed by atoms with Gasteiger partial charge in [-0.25, -0.2) is 8.78 Å². The number of benzene rings is 2. The highest BCUT2D eigenvalue weighted by molar-refractivity contribution is 5.85. The zero-order chi connectivity index (χ0) is 16.4. The first-order valence-electron chi connectivity index (χ1n) is 7.45. The molecule has 2 aromatic carbocycles. The Hall–Kier alpha value is -1.95. The highest BCUT2D eigenvalue weighted by Crippen LogP contribution is 2.34. The molecule has 24 heavy (non-hydrogen) atoms. The Morgan fingerprint density at radius 1 is 1.12 bits per heavy atom. The van der Waals surface area contributed by atoms with Gasteiger partial charge in [0.05, 0.1) is 6.10 Å². The molecule has 1 aromatic heterocycles. The molecule has 0 aliphatic rings. The first-order valence-corrected chi connectivity index (χ1v) is 7.45. The summed E-state index contributed by atoms with van der Waals surface area (Å²) < 4.78 is 27.3. The molecule has 0 unspecified atom stereocenters. The number of hydrogen-bond acceptors (Lipinski definition) is 2. The maximum absolute atomic E-state index is 13.6. The molecule has 0 radical (unpaired) electrons. The third kappa shape index (κ3) is 3.59. The smallest absolute Gasteiger partial charge is 0.123 e. The van der Waals surface area contributed by atoms with Crippen LogP contribution in [0.2, 0.25) is 0 Å². The number of fused-ring (bicyclic) bond motifs is 1. The average Bonchev–Trinajstić information content (AvgIpc) is 2.91. The lowest BCUT2D eigenvalue weighted by atomic mass is 9.86. The number of likely N-dealkylation sites (N-methyl/N-ethyl adjacent to an activating group) is 1. The molecular formula is C18H19ClF2N2O. The summed E-state index contributed by atoms with van der Waals surface area (Å²) in [5.74, 6) is -1.18. The van der Waals surface area contributed by atoms with Crippen molar-refractivity contribution in [3.8, 4) is 0 Å². The molecule has 0 fully saturated rings. The molecule has 3 rings (SSSR count). The largest absolute Gasteiger partial charge is 0.391 e. The zero-order valence-corrected chi connectivity index (χ0v) is 13.9. The van der Waals surface area contributed by atoms with E-state index in [9.17, 15) is 13.9 Å². The second-order valence-electron chi connectivity index (χ2n) is 5.59. The third-order valence-electron chi connectivity index (χ3n) is 4.02. The van der Waals surface area contributed by atoms with Crippen molar-refractivity contribution in [1.82, 2.24) is 10.3 Å². The molecule has 0 aliphatic heterocycles. The number of nitrogens with one attached hydrogen (secondary N) is 2. The van der Waals surface area contributed by atoms with Gasteiger partial charge in [0.25, 0.3) is 0 Å². The van der Waals surface area contributed by atoms with Crippen LogP contribution in [0.4, 0.5) is 8.78 Å². The predicted octanol–water partition coefficient (Wildman–Crippen LogP) is 3.58. The van der Waals surface area contributed by atoms with Crippen molar-refractivity contribution < 1.29 is 13.9 Å². The van der Waals surface area contributed by atoms with E-state index in [1.165, 1.54) is 24.3 Å². The molecule has 0 amide bonds. The summed E-state index contributed by atoms with van der Waals surface area (Å²) in [5, 5.41) is 14.2. The van der Waals surface area contributed by atoms with Gasteiger partial charge in [-0.15, -0.1) is 12.4 Å². The zero-order valence-electron chi connectivity index (χ0n) is 13.1. The minimum Gasteiger partial charge on any atom is -0.391 e. The summed E-state index contributed by atoms with van der Waals surface area (Å²) in [6, 6.07) is 10.6. The summed E-state index contributed by atoms with van der Waals surface area (Å²) in [6.07, 6.45) is 0.975. The number of H-pyrrole nitrogens is 1. The molecule has 6 heteroatoms. The van der Waals surface area contributed by atoms with Gasteiger partial charge in [-0.05, 0) is 48.5 Å². The summed E-state index contributed by atoms with van der Waals surface area (Å²) in [4.78, 5) is 3.09. The maximum Gasteiger partial charge on any atom is 0.123 e. The molecule has 0 spiro atoms. The van der Waals surface area contributed by atoms with Gasteiger partial charge < -0.3 is 15.4 Å². The fourth-order valence-electron chi connectivity index (χ4n) is 3.01. The van der Waals surface area contributed by atoms with Crippen molar-refractivity contribution >= 4 is 23.3 Å². The van der Waals surface area contributed by atoms with Gasteiger partial charge in [0.15, 0.2) is 0 Å². The lowest BCUT2D eigenvalue weighted by Gasteiger charge is -2.23. The van der Waals surface area contributed by atoms with Gasteiger partial charge in [0.1, 0.15) is 11.6 Å². The minimum atomic E-state index is -0.774. The number of aliphatic hydroxyl groups is 1. The van der Waals surface area contributed by atoms with Crippen molar-refractivity contribution in [2.45, 2.75) is 12.0 Å². The Morgan fingerprint density at radius 2 is 1.88 bits per heavy atom. The lowest BCUT2D eigenvalue weighted by Crippen LogP contribution is -2.30. The molecule has 3 aromatic rings. The van der Waals surface area contributed by atoms with Gasteiger partial charge in [0, 0.05) is 29.6 Å². The Kier molecular flexibility index (Phi) is 5.94. The number of aliphatic hydroxyl groups excluding tert-OH is 1. The second-order valence-corrected chi connectivity index (χ2v) is 5.59. The van der Waals surface area contributed by atoms with Crippen LogP contribution >= 0.6 is 12.4 Å². The van der Waals surface area contributed by atoms with E-state index in [4.69, 9.17) is 0 Å². The molecule has 3 N–H and O–H groups in total. The maximum atomic E-state index is 13.6. The first-order chi connectivity index (χ1) is 11.1. The molecule has 3 nitrogen and oxygen atoms in total. The Labute approximate surface area is 145 Å². The van der Waals surface area contributed by atoms with E-state index >= 15 is 0 Å². The van der Waals surface area contributed by atoms with Crippen molar-refractivity contribution in [1.29, 1.82) is 0 Å². The molecule has 1 heterocycles. The fraction of sp³-hybridized carbons (Fsp3) is 0.222. The van der Waals surface area contributed by atoms with Gasteiger partial charge in [-0.1, -0.05) is 12.1 Å². The number of aromatic nitrogens is 1. The van der Waals surface area contributed by atoms with E-state index in [-0.39, 0.29) is 24.0 Å². The van der Waals surface area contributed by atoms with Crippen LogP contribution < -0.4 is 5.32 Å². The topological polar surface area (TPSA) is 48.0 Å². The first kappa shape index (κ1) is 18.4. The van der Waals surface area contributed by atoms with Crippen LogP contribution in [0.3, 0.4) is 0 Å². The summed E-state index contributed by atoms with van der Waals surface area (Å²) >= 11 is 0. The fourth-order valence-corrected chi connectivity index (χ4v) is 3.01. The van der Waals surface area contributed by atoms with Crippen LogP contribution in [0.25, 0.3) is 10.9 Å². The Balaban J connectivity index is 0.00000208. The van der Waals surface area contributed by atoms with Gasteiger partial charge in [-0.3, -0.25) is 0 Å². The van der Waals surface area contributed by atoms with Crippen molar-refractivity contribution in [2.24, 2.45) is 0 Å². The van der Waals surface area contributed by atoms with Crippen LogP contribution in [0, 0.1) is 11.6 Å². The van der Waals surface area contributed by atoms with E-state index in [0.717, 1.165) is 11.1 Å². The average molecular weight is 353 g/mol. The van der Waals surface area contributed by atoms with Crippen LogP contribution in [-0.4, -0.2) is 29.8 Å². The molecular weight excluding hydrogens is 334 g/mol. The second kappa shape index (κ2) is 7.75. The summed E-state index contributed by atoms with van der Waals surface area (Å²) in [5.41, 5.74) is 2.17. The Morgan fingerprint density at radius 3 is 2.58 bits per heavy atom. The number of aromatic amines is 1. The highest BCUT2D eigenvalue weighted by atomic mass is 35.5. The molecule has 0 saturated carbocycles. The number of hydrogen-bond donors (Lipinski definition) is 3. The van der Waals surface area contributed by atoms with Crippen LogP contribution in [0.1, 0.15) is 17.0 Å². The molecule has 2 atom stereocenters. The van der Waals surface area contributed by atoms with Crippen molar-refractivity contribution in [3.05, 3.63) is 71.4 Å². The summed E-state index contributed by atoms with van der Waals surface area (Å²) in [7, 11) is 1.74. The van der Waals surface area contributed by atoms with E-state index in [0.29, 0.717) is 17.5 Å². The normalized spacial score (nSPS) is 13.5. The van der Waals surface area contributed by atoms with Crippen LogP contribution in [0.15, 0.2) is 48.7 Å². The van der Waals surface area contributed by atoms with Gasteiger partial charge in [0.2, 0.25) is 0 Å². The van der Waals surface area contributed by atoms with E-state index in [2.05, 4.69) is 10.3 Å². The highest BCUT2D eigenvalue weighted by Gasteiger charge is 2.26. The van der Waals surface area contributed by atoms with Crippen molar-refractivity contribution in [3.63, 3.8) is 0 Å². The summed E-state index contributed by atoms with van der Waals surface area (Å²) in [6.45, 7) is 0.336. The van der Waals surface area contributed by atoms with E-state index < -0.39 is 12.0 Å². The minimum absolute atomic E-state index is 0. The van der Waals surface area contributed by atoms with Crippen LogP contribution in [0.5, 0.6) is 0 Å². The molecule has 0 bridgehead atoms. The van der Waals surface area contributed by atoms with E-state index in [1.54, 1.807) is 31.4 Å². The third-order valence-corrected chi connectivity index (χ3v) is 4.02. The van der Waals surface area contributed by atoms with Crippen molar-refractivity contribution in [2.75, 3.05) is 13.6 Å². The monoisotopic (exact) mass is 352 g/mol. The molecule has 0 aliphatic carbocycles. The SMILES string of the molecule is CNC[C@H](O)[C@@H](c1cccc(F)c1)c1c[nH]c2ccc(F)cc12.Cl. The lowest BCUT2D eigenvalue weighted by molar-refractivity contribution is 0.157. The standard InChI is InChI=1S/C18H18F2N2O.ClH/c1-21-10-17(23)18(11-3-2-4-12(19)7-11)15-9-22-16-6-5-13(20)8-14(15)16;/h2-9,17-18,21-23H,10H2,1H3;1H/t17-,18-;/m0./s1. The Bertz CT molecular complexity index is 822. The van der Waals surface area contributed by atoms with Gasteiger partial charge >= 0.3 is 0 Å².